The van der Waals surface area contributed by atoms with Crippen molar-refractivity contribution in [1.82, 2.24) is 20.9 Å². The molecule has 230 valence electrons. The molecule has 0 aliphatic heterocycles. The monoisotopic (exact) mass is 597 g/mol. The maximum atomic E-state index is 13.8. The smallest absolute Gasteiger partial charge is 0.326 e. The third-order valence-corrected chi connectivity index (χ3v) is 7.57. The molecule has 0 bridgehead atoms. The number of carboxylic acids is 1. The summed E-state index contributed by atoms with van der Waals surface area (Å²) in [6, 6.07) is 21.5. The highest BCUT2D eigenvalue weighted by molar-refractivity contribution is 5.95. The van der Waals surface area contributed by atoms with E-state index in [4.69, 9.17) is 5.73 Å². The average Bonchev–Trinajstić information content (AvgIpc) is 3.43. The molecular weight excluding hydrogens is 558 g/mol. The Morgan fingerprint density at radius 2 is 1.16 bits per heavy atom. The van der Waals surface area contributed by atoms with Crippen molar-refractivity contribution in [2.45, 2.75) is 57.3 Å². The van der Waals surface area contributed by atoms with Gasteiger partial charge in [0.05, 0.1) is 6.04 Å². The van der Waals surface area contributed by atoms with Crippen molar-refractivity contribution in [3.05, 3.63) is 108 Å². The van der Waals surface area contributed by atoms with E-state index in [9.17, 15) is 24.3 Å². The van der Waals surface area contributed by atoms with E-state index in [2.05, 4.69) is 20.9 Å². The van der Waals surface area contributed by atoms with Gasteiger partial charge in [0.1, 0.15) is 18.1 Å². The number of para-hydroxylation sites is 1. The second-order valence-corrected chi connectivity index (χ2v) is 11.2. The first kappa shape index (κ1) is 32.0. The Labute approximate surface area is 256 Å². The van der Waals surface area contributed by atoms with Gasteiger partial charge in [0.25, 0.3) is 0 Å². The van der Waals surface area contributed by atoms with Crippen LogP contribution >= 0.6 is 0 Å². The van der Waals surface area contributed by atoms with Crippen molar-refractivity contribution in [3.8, 4) is 0 Å². The maximum Gasteiger partial charge on any atom is 0.326 e. The van der Waals surface area contributed by atoms with Crippen molar-refractivity contribution < 1.29 is 24.3 Å². The van der Waals surface area contributed by atoms with Gasteiger partial charge in [-0.3, -0.25) is 14.4 Å². The number of fused-ring (bicyclic) bond motifs is 1. The molecule has 3 amide bonds. The molecule has 1 aromatic heterocycles. The Morgan fingerprint density at radius 1 is 0.682 bits per heavy atom. The van der Waals surface area contributed by atoms with E-state index in [-0.39, 0.29) is 25.2 Å². The van der Waals surface area contributed by atoms with Gasteiger partial charge in [-0.15, -0.1) is 0 Å². The highest BCUT2D eigenvalue weighted by Crippen LogP contribution is 2.19. The predicted octanol–water partition coefficient (Wildman–Crippen LogP) is 2.72. The molecule has 0 aliphatic carbocycles. The zero-order valence-electron chi connectivity index (χ0n) is 24.8. The molecule has 4 atom stereocenters. The van der Waals surface area contributed by atoms with Crippen LogP contribution in [0.4, 0.5) is 0 Å². The van der Waals surface area contributed by atoms with Gasteiger partial charge in [0.15, 0.2) is 0 Å². The van der Waals surface area contributed by atoms with Crippen LogP contribution in [0.15, 0.2) is 91.1 Å². The molecule has 10 nitrogen and oxygen atoms in total. The van der Waals surface area contributed by atoms with Crippen molar-refractivity contribution in [2.24, 2.45) is 11.7 Å². The topological polar surface area (TPSA) is 166 Å². The number of hydrogen-bond acceptors (Lipinski definition) is 5. The van der Waals surface area contributed by atoms with E-state index in [1.165, 1.54) is 0 Å². The van der Waals surface area contributed by atoms with E-state index >= 15 is 0 Å². The number of amides is 3. The predicted molar refractivity (Wildman–Crippen MR) is 169 cm³/mol. The van der Waals surface area contributed by atoms with Gasteiger partial charge >= 0.3 is 5.97 Å². The molecule has 10 heteroatoms. The van der Waals surface area contributed by atoms with Gasteiger partial charge < -0.3 is 31.8 Å². The van der Waals surface area contributed by atoms with Crippen molar-refractivity contribution in [1.29, 1.82) is 0 Å². The Morgan fingerprint density at radius 3 is 1.73 bits per heavy atom. The highest BCUT2D eigenvalue weighted by Gasteiger charge is 2.31. The average molecular weight is 598 g/mol. The zero-order chi connectivity index (χ0) is 31.6. The van der Waals surface area contributed by atoms with Gasteiger partial charge in [0, 0.05) is 36.4 Å². The molecule has 3 aromatic carbocycles. The van der Waals surface area contributed by atoms with Crippen molar-refractivity contribution in [3.63, 3.8) is 0 Å². The number of carbonyl (C=O) groups excluding carboxylic acids is 3. The number of benzene rings is 3. The third-order valence-electron chi connectivity index (χ3n) is 7.57. The quantitative estimate of drug-likeness (QED) is 0.131. The second-order valence-electron chi connectivity index (χ2n) is 11.2. The van der Waals surface area contributed by atoms with Crippen molar-refractivity contribution >= 4 is 34.6 Å². The number of nitrogens with two attached hydrogens (primary N) is 1. The molecule has 0 radical (unpaired) electrons. The SMILES string of the molecule is CC(C)C(N)C(=O)NC(Cc1ccccc1)C(=O)NC(Cc1c[nH]c2ccccc12)C(=O)NC(Cc1ccccc1)C(=O)O. The number of aromatic nitrogens is 1. The lowest BCUT2D eigenvalue weighted by Crippen LogP contribution is -2.58. The lowest BCUT2D eigenvalue weighted by Gasteiger charge is -2.26. The van der Waals surface area contributed by atoms with Crippen LogP contribution in [0.25, 0.3) is 10.9 Å². The molecule has 4 rings (SSSR count). The fraction of sp³-hybridized carbons (Fsp3) is 0.294. The first-order chi connectivity index (χ1) is 21.1. The first-order valence-electron chi connectivity index (χ1n) is 14.6. The second kappa shape index (κ2) is 15.0. The summed E-state index contributed by atoms with van der Waals surface area (Å²) >= 11 is 0. The molecule has 4 unspecified atom stereocenters. The van der Waals surface area contributed by atoms with Crippen LogP contribution in [-0.4, -0.2) is 57.9 Å². The lowest BCUT2D eigenvalue weighted by molar-refractivity contribution is -0.142. The number of rotatable bonds is 14. The number of carboxylic acid groups (broad SMARTS) is 1. The summed E-state index contributed by atoms with van der Waals surface area (Å²) in [7, 11) is 0. The van der Waals surface area contributed by atoms with E-state index in [0.29, 0.717) is 0 Å². The molecule has 0 saturated heterocycles. The van der Waals surface area contributed by atoms with E-state index in [1.54, 1.807) is 30.5 Å². The Balaban J connectivity index is 1.61. The summed E-state index contributed by atoms with van der Waals surface area (Å²) in [6.45, 7) is 3.62. The van der Waals surface area contributed by atoms with Crippen LogP contribution in [0, 0.1) is 5.92 Å². The minimum atomic E-state index is -1.23. The number of aromatic amines is 1. The zero-order valence-corrected chi connectivity index (χ0v) is 24.8. The molecule has 0 saturated carbocycles. The molecule has 44 heavy (non-hydrogen) atoms. The number of hydrogen-bond donors (Lipinski definition) is 6. The van der Waals surface area contributed by atoms with Crippen LogP contribution in [0.3, 0.4) is 0 Å². The molecule has 0 aliphatic rings. The molecule has 4 aromatic rings. The summed E-state index contributed by atoms with van der Waals surface area (Å²) in [6.07, 6.45) is 2.07. The van der Waals surface area contributed by atoms with Gasteiger partial charge in [-0.05, 0) is 28.7 Å². The number of nitrogens with one attached hydrogen (secondary N) is 4. The third kappa shape index (κ3) is 8.54. The van der Waals surface area contributed by atoms with Gasteiger partial charge in [-0.2, -0.15) is 0 Å². The van der Waals surface area contributed by atoms with E-state index in [0.717, 1.165) is 27.6 Å². The number of carbonyl (C=O) groups is 4. The number of H-pyrrole nitrogens is 1. The van der Waals surface area contributed by atoms with Crippen LogP contribution in [0.1, 0.15) is 30.5 Å². The molecular formula is C34H39N5O5. The largest absolute Gasteiger partial charge is 0.480 e. The highest BCUT2D eigenvalue weighted by atomic mass is 16.4. The molecule has 7 N–H and O–H groups in total. The minimum absolute atomic E-state index is 0.0649. The number of aliphatic carboxylic acids is 1. The summed E-state index contributed by atoms with van der Waals surface area (Å²) in [5.74, 6) is -3.09. The molecule has 0 spiro atoms. The van der Waals surface area contributed by atoms with Gasteiger partial charge in [-0.1, -0.05) is 92.7 Å². The van der Waals surface area contributed by atoms with E-state index in [1.807, 2.05) is 74.5 Å². The standard InChI is InChI=1S/C34H39N5O5/c1-21(2)30(35)33(42)38-27(17-22-11-5-3-6-12-22)31(40)37-28(19-24-20-36-26-16-10-9-15-25(24)26)32(41)39-29(34(43)44)18-23-13-7-4-8-14-23/h3-16,20-21,27-30,36H,17-19,35H2,1-2H3,(H,37,40)(H,38,42)(H,39,41)(H,43,44). The molecule has 1 heterocycles. The van der Waals surface area contributed by atoms with Crippen molar-refractivity contribution in [2.75, 3.05) is 0 Å². The molecule has 0 fully saturated rings. The summed E-state index contributed by atoms with van der Waals surface area (Å²) < 4.78 is 0. The van der Waals surface area contributed by atoms with Crippen LogP contribution < -0.4 is 21.7 Å². The summed E-state index contributed by atoms with van der Waals surface area (Å²) in [5.41, 5.74) is 9.24. The Bertz CT molecular complexity index is 1570. The summed E-state index contributed by atoms with van der Waals surface area (Å²) in [4.78, 5) is 55.8. The van der Waals surface area contributed by atoms with Crippen LogP contribution in [0.2, 0.25) is 0 Å². The fourth-order valence-electron chi connectivity index (χ4n) is 4.95. The van der Waals surface area contributed by atoms with Crippen LogP contribution in [0.5, 0.6) is 0 Å². The maximum absolute atomic E-state index is 13.8. The van der Waals surface area contributed by atoms with Gasteiger partial charge in [-0.25, -0.2) is 4.79 Å². The Kier molecular flexibility index (Phi) is 10.9. The summed E-state index contributed by atoms with van der Waals surface area (Å²) in [5, 5.41) is 19.0. The van der Waals surface area contributed by atoms with E-state index < -0.39 is 47.9 Å². The Hall–Kier alpha value is -4.96. The van der Waals surface area contributed by atoms with Gasteiger partial charge in [0.2, 0.25) is 17.7 Å². The normalized spacial score (nSPS) is 13.9. The minimum Gasteiger partial charge on any atom is -0.480 e. The lowest BCUT2D eigenvalue weighted by atomic mass is 10.00. The first-order valence-corrected chi connectivity index (χ1v) is 14.6. The van der Waals surface area contributed by atoms with Crippen LogP contribution in [-0.2, 0) is 38.4 Å². The fourth-order valence-corrected chi connectivity index (χ4v) is 4.95.